The van der Waals surface area contributed by atoms with Crippen molar-refractivity contribution in [2.45, 2.75) is 46.1 Å². The van der Waals surface area contributed by atoms with Crippen LogP contribution in [0.3, 0.4) is 0 Å². The van der Waals surface area contributed by atoms with Gasteiger partial charge in [-0.1, -0.05) is 19.8 Å². The summed E-state index contributed by atoms with van der Waals surface area (Å²) < 4.78 is 0. The van der Waals surface area contributed by atoms with Gasteiger partial charge in [0.15, 0.2) is 0 Å². The first-order valence-electron chi connectivity index (χ1n) is 6.45. The average Bonchev–Trinajstić information content (AvgIpc) is 2.34. The molecule has 0 fully saturated rings. The van der Waals surface area contributed by atoms with Gasteiger partial charge >= 0.3 is 0 Å². The van der Waals surface area contributed by atoms with Crippen molar-refractivity contribution < 1.29 is 0 Å². The van der Waals surface area contributed by atoms with Crippen molar-refractivity contribution in [2.24, 2.45) is 0 Å². The molecular weight excluding hydrogens is 208 g/mol. The summed E-state index contributed by atoms with van der Waals surface area (Å²) in [5, 5.41) is 8.79. The first-order valence-corrected chi connectivity index (χ1v) is 6.45. The number of anilines is 1. The topological polar surface area (TPSA) is 27.0 Å². The second-order valence-electron chi connectivity index (χ2n) is 4.65. The van der Waals surface area contributed by atoms with E-state index in [-0.39, 0.29) is 0 Å². The Morgan fingerprint density at radius 2 is 1.82 bits per heavy atom. The Hall–Kier alpha value is -1.49. The first-order chi connectivity index (χ1) is 8.19. The SMILES string of the molecule is CCCCCN(c1ccc(C#N)cc1)C(C)C. The fraction of sp³-hybridized carbons (Fsp3) is 0.533. The van der Waals surface area contributed by atoms with Crippen molar-refractivity contribution >= 4 is 5.69 Å². The summed E-state index contributed by atoms with van der Waals surface area (Å²) in [4.78, 5) is 2.40. The summed E-state index contributed by atoms with van der Waals surface area (Å²) in [6, 6.07) is 10.5. The summed E-state index contributed by atoms with van der Waals surface area (Å²) in [6.45, 7) is 7.74. The third-order valence-corrected chi connectivity index (χ3v) is 2.95. The van der Waals surface area contributed by atoms with E-state index >= 15 is 0 Å². The second-order valence-corrected chi connectivity index (χ2v) is 4.65. The number of nitrogens with zero attached hydrogens (tertiary/aromatic N) is 2. The summed E-state index contributed by atoms with van der Waals surface area (Å²) in [5.74, 6) is 0. The third-order valence-electron chi connectivity index (χ3n) is 2.95. The maximum absolute atomic E-state index is 8.79. The number of unbranched alkanes of at least 4 members (excludes halogenated alkanes) is 2. The molecule has 2 nitrogen and oxygen atoms in total. The quantitative estimate of drug-likeness (QED) is 0.691. The standard InChI is InChI=1S/C15H22N2/c1-4-5-6-11-17(13(2)3)15-9-7-14(12-16)8-10-15/h7-10,13H,4-6,11H2,1-3H3. The molecule has 17 heavy (non-hydrogen) atoms. The number of nitriles is 1. The number of hydrogen-bond donors (Lipinski definition) is 0. The van der Waals surface area contributed by atoms with Gasteiger partial charge in [0.1, 0.15) is 0 Å². The summed E-state index contributed by atoms with van der Waals surface area (Å²) in [5.41, 5.74) is 1.95. The van der Waals surface area contributed by atoms with E-state index in [9.17, 15) is 0 Å². The predicted molar refractivity (Wildman–Crippen MR) is 73.2 cm³/mol. The minimum atomic E-state index is 0.500. The van der Waals surface area contributed by atoms with Crippen LogP contribution >= 0.6 is 0 Å². The molecule has 1 aromatic rings. The molecular formula is C15H22N2. The Kier molecular flexibility index (Phi) is 5.56. The molecule has 0 saturated heterocycles. The van der Waals surface area contributed by atoms with Crippen LogP contribution in [-0.2, 0) is 0 Å². The fourth-order valence-electron chi connectivity index (χ4n) is 1.95. The van der Waals surface area contributed by atoms with Crippen LogP contribution in [0.4, 0.5) is 5.69 Å². The number of rotatable bonds is 6. The molecule has 1 rings (SSSR count). The molecule has 0 aliphatic carbocycles. The molecule has 0 heterocycles. The van der Waals surface area contributed by atoms with E-state index in [0.29, 0.717) is 6.04 Å². The number of benzene rings is 1. The molecule has 1 aromatic carbocycles. The Morgan fingerprint density at radius 3 is 2.29 bits per heavy atom. The Bertz CT molecular complexity index is 360. The van der Waals surface area contributed by atoms with E-state index in [1.54, 1.807) is 0 Å². The highest BCUT2D eigenvalue weighted by Crippen LogP contribution is 2.18. The predicted octanol–water partition coefficient (Wildman–Crippen LogP) is 3.96. The summed E-state index contributed by atoms with van der Waals surface area (Å²) >= 11 is 0. The molecule has 2 heteroatoms. The maximum atomic E-state index is 8.79. The van der Waals surface area contributed by atoms with Crippen molar-refractivity contribution in [3.05, 3.63) is 29.8 Å². The minimum Gasteiger partial charge on any atom is -0.369 e. The minimum absolute atomic E-state index is 0.500. The molecule has 0 amide bonds. The van der Waals surface area contributed by atoms with Gasteiger partial charge in [0.2, 0.25) is 0 Å². The van der Waals surface area contributed by atoms with Crippen LogP contribution in [-0.4, -0.2) is 12.6 Å². The van der Waals surface area contributed by atoms with Gasteiger partial charge < -0.3 is 4.90 Å². The highest BCUT2D eigenvalue weighted by atomic mass is 15.1. The molecule has 0 unspecified atom stereocenters. The Balaban J connectivity index is 2.72. The molecule has 0 saturated carbocycles. The van der Waals surface area contributed by atoms with Crippen LogP contribution in [0.2, 0.25) is 0 Å². The molecule has 0 spiro atoms. The highest BCUT2D eigenvalue weighted by molar-refractivity contribution is 5.50. The van der Waals surface area contributed by atoms with E-state index in [1.165, 1.54) is 24.9 Å². The Labute approximate surface area is 105 Å². The van der Waals surface area contributed by atoms with Crippen molar-refractivity contribution in [1.29, 1.82) is 5.26 Å². The van der Waals surface area contributed by atoms with Crippen LogP contribution < -0.4 is 4.90 Å². The second kappa shape index (κ2) is 6.96. The zero-order valence-corrected chi connectivity index (χ0v) is 11.1. The van der Waals surface area contributed by atoms with E-state index in [0.717, 1.165) is 12.1 Å². The molecule has 0 radical (unpaired) electrons. The lowest BCUT2D eigenvalue weighted by Crippen LogP contribution is -2.31. The van der Waals surface area contributed by atoms with Gasteiger partial charge in [-0.3, -0.25) is 0 Å². The lowest BCUT2D eigenvalue weighted by Gasteiger charge is -2.29. The van der Waals surface area contributed by atoms with Crippen LogP contribution in [0.25, 0.3) is 0 Å². The zero-order valence-electron chi connectivity index (χ0n) is 11.1. The van der Waals surface area contributed by atoms with Gasteiger partial charge in [-0.05, 0) is 44.5 Å². The van der Waals surface area contributed by atoms with Crippen molar-refractivity contribution in [3.8, 4) is 6.07 Å². The summed E-state index contributed by atoms with van der Waals surface area (Å²) in [7, 11) is 0. The van der Waals surface area contributed by atoms with Crippen molar-refractivity contribution in [3.63, 3.8) is 0 Å². The first kappa shape index (κ1) is 13.6. The van der Waals surface area contributed by atoms with E-state index in [4.69, 9.17) is 5.26 Å². The number of hydrogen-bond acceptors (Lipinski definition) is 2. The van der Waals surface area contributed by atoms with Crippen LogP contribution in [0.5, 0.6) is 0 Å². The van der Waals surface area contributed by atoms with Gasteiger partial charge in [-0.2, -0.15) is 5.26 Å². The van der Waals surface area contributed by atoms with E-state index in [1.807, 2.05) is 24.3 Å². The van der Waals surface area contributed by atoms with Crippen LogP contribution in [0, 0.1) is 11.3 Å². The molecule has 0 N–H and O–H groups in total. The molecule has 92 valence electrons. The lowest BCUT2D eigenvalue weighted by atomic mass is 10.1. The smallest absolute Gasteiger partial charge is 0.0991 e. The van der Waals surface area contributed by atoms with Gasteiger partial charge in [-0.15, -0.1) is 0 Å². The molecule has 0 aliphatic rings. The zero-order chi connectivity index (χ0) is 12.7. The van der Waals surface area contributed by atoms with E-state index < -0.39 is 0 Å². The largest absolute Gasteiger partial charge is 0.369 e. The summed E-state index contributed by atoms with van der Waals surface area (Å²) in [6.07, 6.45) is 3.76. The lowest BCUT2D eigenvalue weighted by molar-refractivity contribution is 0.626. The van der Waals surface area contributed by atoms with Gasteiger partial charge in [-0.25, -0.2) is 0 Å². The molecule has 0 bridgehead atoms. The normalized spacial score (nSPS) is 10.3. The maximum Gasteiger partial charge on any atom is 0.0991 e. The van der Waals surface area contributed by atoms with Crippen molar-refractivity contribution in [2.75, 3.05) is 11.4 Å². The van der Waals surface area contributed by atoms with Gasteiger partial charge in [0, 0.05) is 18.3 Å². The monoisotopic (exact) mass is 230 g/mol. The van der Waals surface area contributed by atoms with Crippen LogP contribution in [0.1, 0.15) is 45.6 Å². The molecule has 0 atom stereocenters. The molecule has 0 aliphatic heterocycles. The fourth-order valence-corrected chi connectivity index (χ4v) is 1.95. The van der Waals surface area contributed by atoms with Crippen LogP contribution in [0.15, 0.2) is 24.3 Å². The molecule has 0 aromatic heterocycles. The third kappa shape index (κ3) is 4.11. The highest BCUT2D eigenvalue weighted by Gasteiger charge is 2.09. The Morgan fingerprint density at radius 1 is 1.18 bits per heavy atom. The van der Waals surface area contributed by atoms with Gasteiger partial charge in [0.25, 0.3) is 0 Å². The average molecular weight is 230 g/mol. The van der Waals surface area contributed by atoms with Crippen molar-refractivity contribution in [1.82, 2.24) is 0 Å². The van der Waals surface area contributed by atoms with Gasteiger partial charge in [0.05, 0.1) is 11.6 Å². The van der Waals surface area contributed by atoms with E-state index in [2.05, 4.69) is 31.7 Å².